The Bertz CT molecular complexity index is 222. The molecule has 0 aromatic heterocycles. The van der Waals surface area contributed by atoms with Crippen LogP contribution in [0.15, 0.2) is 24.7 Å². The maximum atomic E-state index is 10.7. The normalized spacial score (nSPS) is 22.4. The highest BCUT2D eigenvalue weighted by molar-refractivity contribution is 5.87. The van der Waals surface area contributed by atoms with Gasteiger partial charge in [0.05, 0.1) is 0 Å². The maximum absolute atomic E-state index is 10.7. The van der Waals surface area contributed by atoms with Gasteiger partial charge in [0.15, 0.2) is 0 Å². The monoisotopic (exact) mass is 138 g/mol. The second kappa shape index (κ2) is 1.74. The Kier molecular flexibility index (Phi) is 0.925. The van der Waals surface area contributed by atoms with Crippen molar-refractivity contribution in [1.29, 1.82) is 0 Å². The van der Waals surface area contributed by atoms with E-state index in [-0.39, 0.29) is 5.91 Å². The number of nitrogens with zero attached hydrogens (tertiary/aromatic N) is 2. The van der Waals surface area contributed by atoms with Gasteiger partial charge in [-0.25, -0.2) is 5.43 Å². The molecule has 2 aliphatic heterocycles. The lowest BCUT2D eigenvalue weighted by molar-refractivity contribution is -0.131. The number of fused-ring (bicyclic) bond motifs is 1. The van der Waals surface area contributed by atoms with Gasteiger partial charge >= 0.3 is 0 Å². The van der Waals surface area contributed by atoms with Crippen LogP contribution >= 0.6 is 0 Å². The Labute approximate surface area is 57.5 Å². The Morgan fingerprint density at radius 2 is 2.30 bits per heavy atom. The third kappa shape index (κ3) is 0.645. The third-order valence-corrected chi connectivity index (χ3v) is 1.25. The summed E-state index contributed by atoms with van der Waals surface area (Å²) in [6.07, 6.45) is 6.62. The molecule has 10 heavy (non-hydrogen) atoms. The fraction of sp³-hybridized carbons (Fsp3) is 0. The lowest BCUT2D eigenvalue weighted by Crippen LogP contribution is -2.53. The molecule has 0 aromatic rings. The Morgan fingerprint density at radius 3 is 3.20 bits per heavy atom. The highest BCUT2D eigenvalue weighted by atomic mass is 16.2. The van der Waals surface area contributed by atoms with E-state index in [4.69, 9.17) is 0 Å². The number of hydrazine groups is 3. The van der Waals surface area contributed by atoms with Crippen LogP contribution in [0.1, 0.15) is 0 Å². The lowest BCUT2D eigenvalue weighted by Gasteiger charge is -2.27. The van der Waals surface area contributed by atoms with Gasteiger partial charge in [0.1, 0.15) is 0 Å². The average Bonchev–Trinajstić information content (AvgIpc) is 2.33. The molecule has 2 N–H and O–H groups in total. The van der Waals surface area contributed by atoms with Crippen molar-refractivity contribution in [3.8, 4) is 0 Å². The summed E-state index contributed by atoms with van der Waals surface area (Å²) in [5, 5.41) is 3.18. The smallest absolute Gasteiger partial charge is 0.262 e. The SMILES string of the molecule is O=C1C=CN2C=CNN2N1. The molecule has 0 bridgehead atoms. The molecule has 2 aliphatic rings. The quantitative estimate of drug-likeness (QED) is 0.453. The molecule has 0 spiro atoms. The first-order chi connectivity index (χ1) is 4.86. The van der Waals surface area contributed by atoms with Gasteiger partial charge in [-0.2, -0.15) is 0 Å². The van der Waals surface area contributed by atoms with Crippen molar-refractivity contribution < 1.29 is 4.79 Å². The molecule has 5 nitrogen and oxygen atoms in total. The second-order valence-electron chi connectivity index (χ2n) is 1.93. The van der Waals surface area contributed by atoms with Gasteiger partial charge in [-0.1, -0.05) is 0 Å². The first-order valence-corrected chi connectivity index (χ1v) is 2.86. The summed E-state index contributed by atoms with van der Waals surface area (Å²) >= 11 is 0. The summed E-state index contributed by atoms with van der Waals surface area (Å²) in [6, 6.07) is 0. The fourth-order valence-corrected chi connectivity index (χ4v) is 0.806. The number of hydrogen-bond acceptors (Lipinski definition) is 4. The summed E-state index contributed by atoms with van der Waals surface area (Å²) < 4.78 is 0. The summed E-state index contributed by atoms with van der Waals surface area (Å²) in [6.45, 7) is 0. The first kappa shape index (κ1) is 5.31. The highest BCUT2D eigenvalue weighted by Gasteiger charge is 2.18. The van der Waals surface area contributed by atoms with Crippen molar-refractivity contribution in [2.24, 2.45) is 0 Å². The van der Waals surface area contributed by atoms with Crippen LogP contribution in [0.25, 0.3) is 0 Å². The molecule has 1 amide bonds. The largest absolute Gasteiger partial charge is 0.288 e. The van der Waals surface area contributed by atoms with Crippen LogP contribution in [-0.2, 0) is 4.79 Å². The van der Waals surface area contributed by atoms with Gasteiger partial charge in [-0.3, -0.25) is 15.2 Å². The topological polar surface area (TPSA) is 47.6 Å². The van der Waals surface area contributed by atoms with Crippen LogP contribution < -0.4 is 10.9 Å². The standard InChI is InChI=1S/C5H6N4O/c10-5-1-3-8-4-2-6-9(8)7-5/h1-4,6H,(H,7,10). The second-order valence-corrected chi connectivity index (χ2v) is 1.93. The minimum atomic E-state index is -0.132. The van der Waals surface area contributed by atoms with E-state index in [1.54, 1.807) is 23.6 Å². The molecule has 0 fully saturated rings. The molecule has 0 saturated heterocycles. The van der Waals surface area contributed by atoms with Crippen molar-refractivity contribution in [3.05, 3.63) is 24.7 Å². The number of carbonyl (C=O) groups is 1. The van der Waals surface area contributed by atoms with Gasteiger partial charge < -0.3 is 0 Å². The lowest BCUT2D eigenvalue weighted by atomic mass is 10.5. The van der Waals surface area contributed by atoms with E-state index in [2.05, 4.69) is 10.9 Å². The van der Waals surface area contributed by atoms with Gasteiger partial charge in [0.25, 0.3) is 5.91 Å². The highest BCUT2D eigenvalue weighted by Crippen LogP contribution is 2.03. The van der Waals surface area contributed by atoms with Gasteiger partial charge in [-0.05, 0) is 5.23 Å². The number of hydrogen-bond donors (Lipinski definition) is 2. The van der Waals surface area contributed by atoms with Crippen LogP contribution in [0.4, 0.5) is 0 Å². The van der Waals surface area contributed by atoms with Gasteiger partial charge in [0, 0.05) is 24.7 Å². The van der Waals surface area contributed by atoms with E-state index in [0.717, 1.165) is 0 Å². The molecule has 0 saturated carbocycles. The molecule has 2 heterocycles. The van der Waals surface area contributed by atoms with E-state index in [1.807, 2.05) is 0 Å². The van der Waals surface area contributed by atoms with E-state index < -0.39 is 0 Å². The predicted octanol–water partition coefficient (Wildman–Crippen LogP) is -0.947. The number of amides is 1. The fourth-order valence-electron chi connectivity index (χ4n) is 0.806. The maximum Gasteiger partial charge on any atom is 0.262 e. The predicted molar refractivity (Wildman–Crippen MR) is 33.2 cm³/mol. The van der Waals surface area contributed by atoms with E-state index in [1.165, 1.54) is 11.3 Å². The Hall–Kier alpha value is -1.49. The molecule has 0 radical (unpaired) electrons. The van der Waals surface area contributed by atoms with E-state index in [0.29, 0.717) is 0 Å². The summed E-state index contributed by atoms with van der Waals surface area (Å²) in [4.78, 5) is 10.7. The number of rotatable bonds is 0. The molecule has 0 aromatic carbocycles. The minimum Gasteiger partial charge on any atom is -0.288 e. The van der Waals surface area contributed by atoms with Crippen molar-refractivity contribution in [2.45, 2.75) is 0 Å². The van der Waals surface area contributed by atoms with Crippen molar-refractivity contribution in [3.63, 3.8) is 0 Å². The van der Waals surface area contributed by atoms with Crippen molar-refractivity contribution in [1.82, 2.24) is 21.1 Å². The van der Waals surface area contributed by atoms with Crippen molar-refractivity contribution in [2.75, 3.05) is 0 Å². The molecular formula is C5H6N4O. The van der Waals surface area contributed by atoms with Crippen LogP contribution in [0.2, 0.25) is 0 Å². The molecule has 0 atom stereocenters. The van der Waals surface area contributed by atoms with Gasteiger partial charge in [-0.15, -0.1) is 0 Å². The summed E-state index contributed by atoms with van der Waals surface area (Å²) in [5.74, 6) is -0.132. The van der Waals surface area contributed by atoms with Crippen LogP contribution in [0.3, 0.4) is 0 Å². The zero-order valence-electron chi connectivity index (χ0n) is 5.11. The minimum absolute atomic E-state index is 0.132. The zero-order valence-corrected chi connectivity index (χ0v) is 5.11. The third-order valence-electron chi connectivity index (χ3n) is 1.25. The molecular weight excluding hydrogens is 132 g/mol. The molecule has 5 heteroatoms. The molecule has 0 aliphatic carbocycles. The number of nitrogens with one attached hydrogen (secondary N) is 2. The molecule has 0 unspecified atom stereocenters. The first-order valence-electron chi connectivity index (χ1n) is 2.86. The molecule has 52 valence electrons. The van der Waals surface area contributed by atoms with E-state index in [9.17, 15) is 4.79 Å². The molecule has 2 rings (SSSR count). The van der Waals surface area contributed by atoms with Crippen LogP contribution in [0, 0.1) is 0 Å². The zero-order chi connectivity index (χ0) is 6.97. The van der Waals surface area contributed by atoms with Crippen LogP contribution in [0.5, 0.6) is 0 Å². The van der Waals surface area contributed by atoms with Gasteiger partial charge in [0.2, 0.25) is 0 Å². The van der Waals surface area contributed by atoms with Crippen molar-refractivity contribution >= 4 is 5.91 Å². The Morgan fingerprint density at radius 1 is 1.40 bits per heavy atom. The van der Waals surface area contributed by atoms with Crippen LogP contribution in [-0.4, -0.2) is 16.1 Å². The van der Waals surface area contributed by atoms with E-state index >= 15 is 0 Å². The summed E-state index contributed by atoms with van der Waals surface area (Å²) in [5.41, 5.74) is 5.32. The average molecular weight is 138 g/mol. The Balaban J connectivity index is 2.21. The summed E-state index contributed by atoms with van der Waals surface area (Å²) in [7, 11) is 0. The number of carbonyl (C=O) groups excluding carboxylic acids is 1.